The Kier molecular flexibility index (Phi) is 3.72. The molecule has 1 amide bonds. The zero-order valence-corrected chi connectivity index (χ0v) is 13.4. The van der Waals surface area contributed by atoms with Crippen LogP contribution < -0.4 is 5.32 Å². The van der Waals surface area contributed by atoms with E-state index in [4.69, 9.17) is 9.47 Å². The number of alkyl carbamates (subject to hydrolysis) is 1. The molecule has 2 fully saturated rings. The van der Waals surface area contributed by atoms with Gasteiger partial charge in [0.05, 0.1) is 18.1 Å². The maximum atomic E-state index is 12.1. The molecule has 1 saturated heterocycles. The van der Waals surface area contributed by atoms with Crippen molar-refractivity contribution < 1.29 is 24.2 Å². The number of carbonyl (C=O) groups is 2. The first-order chi connectivity index (χ1) is 9.50. The summed E-state index contributed by atoms with van der Waals surface area (Å²) < 4.78 is 10.8. The molecule has 1 heterocycles. The lowest BCUT2D eigenvalue weighted by molar-refractivity contribution is -0.139. The molecule has 1 saturated carbocycles. The lowest BCUT2D eigenvalue weighted by Gasteiger charge is -2.32. The number of carboxylic acids is 1. The fourth-order valence-corrected chi connectivity index (χ4v) is 3.64. The van der Waals surface area contributed by atoms with Crippen LogP contribution in [-0.2, 0) is 14.3 Å². The number of rotatable bonds is 3. The van der Waals surface area contributed by atoms with Gasteiger partial charge in [0.1, 0.15) is 5.60 Å². The predicted octanol–water partition coefficient (Wildman–Crippen LogP) is 2.03. The number of amides is 1. The Morgan fingerprint density at radius 2 is 1.95 bits per heavy atom. The van der Waals surface area contributed by atoms with Crippen molar-refractivity contribution in [3.63, 3.8) is 0 Å². The molecule has 0 bridgehead atoms. The van der Waals surface area contributed by atoms with Crippen molar-refractivity contribution in [2.75, 3.05) is 13.2 Å². The summed E-state index contributed by atoms with van der Waals surface area (Å²) >= 11 is 0. The van der Waals surface area contributed by atoms with Gasteiger partial charge in [-0.15, -0.1) is 0 Å². The zero-order chi connectivity index (χ0) is 16.1. The van der Waals surface area contributed by atoms with Gasteiger partial charge in [-0.3, -0.25) is 4.79 Å². The van der Waals surface area contributed by atoms with Crippen LogP contribution >= 0.6 is 0 Å². The molecule has 0 radical (unpaired) electrons. The van der Waals surface area contributed by atoms with Gasteiger partial charge >= 0.3 is 12.1 Å². The van der Waals surface area contributed by atoms with Crippen LogP contribution in [0.2, 0.25) is 0 Å². The van der Waals surface area contributed by atoms with Gasteiger partial charge < -0.3 is 19.9 Å². The molecule has 2 aliphatic rings. The molecule has 3 atom stereocenters. The van der Waals surface area contributed by atoms with Crippen LogP contribution in [0.4, 0.5) is 4.79 Å². The molecule has 21 heavy (non-hydrogen) atoms. The molecule has 6 heteroatoms. The summed E-state index contributed by atoms with van der Waals surface area (Å²) in [6.07, 6.45) is 0.101. The van der Waals surface area contributed by atoms with Crippen molar-refractivity contribution >= 4 is 12.1 Å². The SMILES string of the molecule is CC(C)(C)OC(=O)NC1([C@@H]2[C@@H](C(=O)O)C2(C)C)CCOC1. The van der Waals surface area contributed by atoms with Crippen molar-refractivity contribution in [3.8, 4) is 0 Å². The molecular weight excluding hydrogens is 274 g/mol. The highest BCUT2D eigenvalue weighted by Crippen LogP contribution is 2.64. The number of aliphatic carboxylic acids is 1. The van der Waals surface area contributed by atoms with E-state index < -0.39 is 29.1 Å². The Bertz CT molecular complexity index is 445. The number of carbonyl (C=O) groups excluding carboxylic acids is 1. The van der Waals surface area contributed by atoms with E-state index in [1.807, 2.05) is 13.8 Å². The number of ether oxygens (including phenoxy) is 2. The third-order valence-electron chi connectivity index (χ3n) is 4.49. The van der Waals surface area contributed by atoms with Crippen molar-refractivity contribution in [2.24, 2.45) is 17.3 Å². The molecule has 2 N–H and O–H groups in total. The highest BCUT2D eigenvalue weighted by atomic mass is 16.6. The third-order valence-corrected chi connectivity index (χ3v) is 4.49. The summed E-state index contributed by atoms with van der Waals surface area (Å²) in [5.74, 6) is -1.42. The van der Waals surface area contributed by atoms with E-state index in [0.717, 1.165) is 0 Å². The summed E-state index contributed by atoms with van der Waals surface area (Å²) in [6, 6.07) is 0. The minimum atomic E-state index is -0.817. The zero-order valence-electron chi connectivity index (χ0n) is 13.4. The first-order valence-electron chi connectivity index (χ1n) is 7.31. The smallest absolute Gasteiger partial charge is 0.408 e. The van der Waals surface area contributed by atoms with Gasteiger partial charge in [-0.05, 0) is 32.6 Å². The Labute approximate surface area is 125 Å². The average Bonchev–Trinajstić information content (AvgIpc) is 2.65. The van der Waals surface area contributed by atoms with Crippen LogP contribution in [0.5, 0.6) is 0 Å². The molecule has 6 nitrogen and oxygen atoms in total. The normalized spacial score (nSPS) is 34.3. The standard InChI is InChI=1S/C15H25NO5/c1-13(2,3)21-12(19)16-15(6-7-20-8-15)10-9(11(17)18)14(10,4)5/h9-10H,6-8H2,1-5H3,(H,16,19)(H,17,18)/t9-,10+,15?/m0/s1. The second kappa shape index (κ2) is 4.87. The Balaban J connectivity index is 2.16. The summed E-state index contributed by atoms with van der Waals surface area (Å²) in [6.45, 7) is 10.1. The van der Waals surface area contributed by atoms with Crippen LogP contribution in [0.25, 0.3) is 0 Å². The van der Waals surface area contributed by atoms with Crippen molar-refractivity contribution in [3.05, 3.63) is 0 Å². The lowest BCUT2D eigenvalue weighted by atomic mass is 9.87. The van der Waals surface area contributed by atoms with E-state index in [2.05, 4.69) is 5.32 Å². The maximum Gasteiger partial charge on any atom is 0.408 e. The van der Waals surface area contributed by atoms with Gasteiger partial charge in [0.15, 0.2) is 0 Å². The van der Waals surface area contributed by atoms with Crippen LogP contribution in [0, 0.1) is 17.3 Å². The topological polar surface area (TPSA) is 84.9 Å². The minimum absolute atomic E-state index is 0.141. The second-order valence-electron chi connectivity index (χ2n) is 7.70. The quantitative estimate of drug-likeness (QED) is 0.833. The van der Waals surface area contributed by atoms with Gasteiger partial charge in [-0.1, -0.05) is 13.8 Å². The molecule has 0 aromatic rings. The Hall–Kier alpha value is -1.30. The second-order valence-corrected chi connectivity index (χ2v) is 7.70. The van der Waals surface area contributed by atoms with Crippen LogP contribution in [0.1, 0.15) is 41.0 Å². The van der Waals surface area contributed by atoms with Crippen molar-refractivity contribution in [2.45, 2.75) is 52.2 Å². The number of hydrogen-bond donors (Lipinski definition) is 2. The molecule has 0 spiro atoms. The molecule has 0 aromatic heterocycles. The van der Waals surface area contributed by atoms with Gasteiger partial charge in [0.25, 0.3) is 0 Å². The van der Waals surface area contributed by atoms with Crippen LogP contribution in [-0.4, -0.2) is 41.5 Å². The summed E-state index contributed by atoms with van der Waals surface area (Å²) in [5.41, 5.74) is -1.58. The fourth-order valence-electron chi connectivity index (χ4n) is 3.64. The number of carboxylic acid groups (broad SMARTS) is 1. The molecule has 120 valence electrons. The number of nitrogens with one attached hydrogen (secondary N) is 1. The minimum Gasteiger partial charge on any atom is -0.481 e. The molecular formula is C15H25NO5. The van der Waals surface area contributed by atoms with E-state index in [1.54, 1.807) is 20.8 Å². The van der Waals surface area contributed by atoms with Gasteiger partial charge in [0, 0.05) is 12.5 Å². The molecule has 1 unspecified atom stereocenters. The fraction of sp³-hybridized carbons (Fsp3) is 0.867. The van der Waals surface area contributed by atoms with Crippen LogP contribution in [0.3, 0.4) is 0 Å². The van der Waals surface area contributed by atoms with Crippen molar-refractivity contribution in [1.29, 1.82) is 0 Å². The Morgan fingerprint density at radius 1 is 1.33 bits per heavy atom. The first kappa shape index (κ1) is 16.1. The van der Waals surface area contributed by atoms with E-state index >= 15 is 0 Å². The van der Waals surface area contributed by atoms with E-state index in [1.165, 1.54) is 0 Å². The highest BCUT2D eigenvalue weighted by Gasteiger charge is 2.71. The third kappa shape index (κ3) is 3.00. The van der Waals surface area contributed by atoms with E-state index in [0.29, 0.717) is 19.6 Å². The van der Waals surface area contributed by atoms with Gasteiger partial charge in [0.2, 0.25) is 0 Å². The average molecular weight is 299 g/mol. The molecule has 1 aliphatic heterocycles. The highest BCUT2D eigenvalue weighted by molar-refractivity contribution is 5.77. The largest absolute Gasteiger partial charge is 0.481 e. The molecule has 1 aliphatic carbocycles. The first-order valence-corrected chi connectivity index (χ1v) is 7.31. The van der Waals surface area contributed by atoms with Crippen LogP contribution in [0.15, 0.2) is 0 Å². The number of hydrogen-bond acceptors (Lipinski definition) is 4. The summed E-state index contributed by atoms with van der Waals surface area (Å²) in [7, 11) is 0. The summed E-state index contributed by atoms with van der Waals surface area (Å²) in [5, 5.41) is 12.3. The predicted molar refractivity (Wildman–Crippen MR) is 75.9 cm³/mol. The molecule has 2 rings (SSSR count). The van der Waals surface area contributed by atoms with Gasteiger partial charge in [-0.2, -0.15) is 0 Å². The van der Waals surface area contributed by atoms with Gasteiger partial charge in [-0.25, -0.2) is 4.79 Å². The molecule has 0 aromatic carbocycles. The maximum absolute atomic E-state index is 12.1. The summed E-state index contributed by atoms with van der Waals surface area (Å²) in [4.78, 5) is 23.5. The van der Waals surface area contributed by atoms with E-state index in [-0.39, 0.29) is 11.3 Å². The monoisotopic (exact) mass is 299 g/mol. The van der Waals surface area contributed by atoms with E-state index in [9.17, 15) is 14.7 Å². The Morgan fingerprint density at radius 3 is 2.33 bits per heavy atom. The lowest BCUT2D eigenvalue weighted by Crippen LogP contribution is -2.53. The van der Waals surface area contributed by atoms with Crippen molar-refractivity contribution in [1.82, 2.24) is 5.32 Å².